The molecule has 0 unspecified atom stereocenters. The minimum Gasteiger partial charge on any atom is -0.543 e. The number of fused-ring (bicyclic) bond motifs is 4. The van der Waals surface area contributed by atoms with Gasteiger partial charge in [-0.25, -0.2) is 19.9 Å². The Bertz CT molecular complexity index is 2220. The molecule has 0 aliphatic carbocycles. The summed E-state index contributed by atoms with van der Waals surface area (Å²) < 4.78 is 0. The van der Waals surface area contributed by atoms with Crippen molar-refractivity contribution in [3.63, 3.8) is 0 Å². The van der Waals surface area contributed by atoms with E-state index in [1.165, 1.54) is 24.3 Å². The molecule has 0 bridgehead atoms. The molecule has 0 saturated heterocycles. The molecule has 0 aliphatic heterocycles. The van der Waals surface area contributed by atoms with Gasteiger partial charge in [-0.1, -0.05) is 97.1 Å². The first-order chi connectivity index (χ1) is 25.1. The molecule has 8 rings (SSSR count). The number of para-hydroxylation sites is 4. The van der Waals surface area contributed by atoms with Gasteiger partial charge in [-0.2, -0.15) is 0 Å². The third-order valence-corrected chi connectivity index (χ3v) is 7.23. The number of carbonyl (C=O) groups is 4. The van der Waals surface area contributed by atoms with Crippen LogP contribution in [0.4, 0.5) is 0 Å². The minimum absolute atomic E-state index is 0. The number of pyridine rings is 4. The molecule has 8 aromatic rings. The van der Waals surface area contributed by atoms with E-state index in [1.54, 1.807) is 48.5 Å². The maximum Gasteiger partial charge on any atom is 4.00 e. The number of rotatable bonds is 4. The number of aromatic nitrogens is 4. The van der Waals surface area contributed by atoms with Gasteiger partial charge in [-0.05, 0) is 48.5 Å². The van der Waals surface area contributed by atoms with E-state index in [0.717, 1.165) is 21.5 Å². The average molecular weight is 867 g/mol. The van der Waals surface area contributed by atoms with Gasteiger partial charge in [-0.15, -0.1) is 0 Å². The monoisotopic (exact) mass is 868 g/mol. The van der Waals surface area contributed by atoms with Gasteiger partial charge in [0.05, 0.1) is 68.7 Å². The van der Waals surface area contributed by atoms with E-state index in [9.17, 15) is 39.6 Å². The number of carbonyl (C=O) groups excluding carboxylic acids is 4. The van der Waals surface area contributed by atoms with Crippen LogP contribution in [0.5, 0.6) is 0 Å². The van der Waals surface area contributed by atoms with Crippen LogP contribution in [0.25, 0.3) is 43.6 Å². The summed E-state index contributed by atoms with van der Waals surface area (Å²) in [5, 5.41) is 45.6. The number of benzene rings is 4. The van der Waals surface area contributed by atoms with Crippen molar-refractivity contribution in [3.8, 4) is 0 Å². The van der Waals surface area contributed by atoms with E-state index in [-0.39, 0.29) is 48.6 Å². The van der Waals surface area contributed by atoms with Crippen molar-refractivity contribution in [1.29, 1.82) is 0 Å². The van der Waals surface area contributed by atoms with Crippen molar-refractivity contribution in [2.24, 2.45) is 0 Å². The van der Waals surface area contributed by atoms with Crippen molar-refractivity contribution in [2.45, 2.75) is 0 Å². The predicted molar refractivity (Wildman–Crippen MR) is 184 cm³/mol. The van der Waals surface area contributed by atoms with Crippen LogP contribution in [-0.2, 0) is 25.8 Å². The van der Waals surface area contributed by atoms with Crippen LogP contribution in [-0.4, -0.2) is 43.8 Å². The van der Waals surface area contributed by atoms with E-state index in [4.69, 9.17) is 0 Å². The molecule has 0 spiro atoms. The first-order valence-corrected chi connectivity index (χ1v) is 15.4. The summed E-state index contributed by atoms with van der Waals surface area (Å²) in [6.07, 6.45) is 0. The van der Waals surface area contributed by atoms with Crippen LogP contribution in [0.15, 0.2) is 146 Å². The number of carboxylic acids is 4. The van der Waals surface area contributed by atoms with Crippen LogP contribution in [0, 0.1) is 0 Å². The molecule has 0 N–H and O–H groups in total. The topological polar surface area (TPSA) is 212 Å². The van der Waals surface area contributed by atoms with Crippen molar-refractivity contribution in [2.75, 3.05) is 0 Å². The zero-order chi connectivity index (χ0) is 37.0. The molecule has 0 aliphatic rings. The molecule has 0 amide bonds. The van der Waals surface area contributed by atoms with Gasteiger partial charge in [-0.3, -0.25) is 0 Å². The second-order valence-electron chi connectivity index (χ2n) is 10.7. The fraction of sp³-hybridized carbons (Fsp3) is 0. The van der Waals surface area contributed by atoms with E-state index in [0.29, 0.717) is 22.1 Å². The van der Waals surface area contributed by atoms with Crippen LogP contribution < -0.4 is 20.4 Å². The van der Waals surface area contributed by atoms with E-state index in [2.05, 4.69) is 19.9 Å². The maximum atomic E-state index is 10.5. The first kappa shape index (κ1) is 39.1. The molecular formula is C40H24HfN4O8. The quantitative estimate of drug-likeness (QED) is 0.234. The summed E-state index contributed by atoms with van der Waals surface area (Å²) in [6.45, 7) is 0. The molecule has 0 fully saturated rings. The molecule has 53 heavy (non-hydrogen) atoms. The minimum atomic E-state index is -1.24. The Balaban J connectivity index is 0.000000157. The Hall–Kier alpha value is -6.73. The SMILES string of the molecule is O=C([O-])c1ccc2ccccc2n1.O=C([O-])c1ccc2ccccc2n1.O=C([O-])c1ccc2ccccc2n1.O=C([O-])c1ccc2ccccc2n1.[Hf+4]. The van der Waals surface area contributed by atoms with Crippen molar-refractivity contribution in [3.05, 3.63) is 168 Å². The number of aromatic carboxylic acids is 4. The molecule has 4 aromatic heterocycles. The Morgan fingerprint density at radius 1 is 0.302 bits per heavy atom. The Kier molecular flexibility index (Phi) is 13.6. The molecule has 256 valence electrons. The fourth-order valence-electron chi connectivity index (χ4n) is 4.72. The summed E-state index contributed by atoms with van der Waals surface area (Å²) in [5.41, 5.74) is 2.57. The van der Waals surface area contributed by atoms with Crippen LogP contribution in [0.3, 0.4) is 0 Å². The van der Waals surface area contributed by atoms with E-state index < -0.39 is 23.9 Å². The summed E-state index contributed by atoms with van der Waals surface area (Å²) in [4.78, 5) is 57.5. The van der Waals surface area contributed by atoms with Gasteiger partial charge >= 0.3 is 25.8 Å². The van der Waals surface area contributed by atoms with E-state index >= 15 is 0 Å². The molecule has 0 saturated carbocycles. The summed E-state index contributed by atoms with van der Waals surface area (Å²) >= 11 is 0. The van der Waals surface area contributed by atoms with Gasteiger partial charge in [0, 0.05) is 21.5 Å². The molecule has 13 heteroatoms. The van der Waals surface area contributed by atoms with Gasteiger partial charge in [0.15, 0.2) is 0 Å². The Morgan fingerprint density at radius 3 is 0.679 bits per heavy atom. The third kappa shape index (κ3) is 10.6. The third-order valence-electron chi connectivity index (χ3n) is 7.23. The molecule has 12 nitrogen and oxygen atoms in total. The fourth-order valence-corrected chi connectivity index (χ4v) is 4.72. The largest absolute Gasteiger partial charge is 4.00 e. The maximum absolute atomic E-state index is 10.5. The normalized spacial score (nSPS) is 9.96. The standard InChI is InChI=1S/4C10H7NO2.Hf/c4*12-10(13)9-6-5-7-3-1-2-4-8(7)11-9;/h4*1-6H,(H,12,13);/q;;;;+4/p-4. The summed E-state index contributed by atoms with van der Waals surface area (Å²) in [7, 11) is 0. The second-order valence-corrected chi connectivity index (χ2v) is 10.7. The second kappa shape index (κ2) is 18.5. The van der Waals surface area contributed by atoms with Crippen molar-refractivity contribution >= 4 is 67.5 Å². The molecule has 0 atom stereocenters. The number of hydrogen-bond donors (Lipinski definition) is 0. The van der Waals surface area contributed by atoms with Gasteiger partial charge < -0.3 is 39.6 Å². The zero-order valence-corrected chi connectivity index (χ0v) is 31.0. The van der Waals surface area contributed by atoms with Gasteiger partial charge in [0.2, 0.25) is 0 Å². The summed E-state index contributed by atoms with van der Waals surface area (Å²) in [6, 6.07) is 42.0. The Labute approximate surface area is 319 Å². The predicted octanol–water partition coefficient (Wildman–Crippen LogP) is 2.39. The number of hydrogen-bond acceptors (Lipinski definition) is 12. The Morgan fingerprint density at radius 2 is 0.491 bits per heavy atom. The number of carboxylic acid groups (broad SMARTS) is 4. The molecule has 0 radical (unpaired) electrons. The van der Waals surface area contributed by atoms with Crippen molar-refractivity contribution < 1.29 is 65.4 Å². The van der Waals surface area contributed by atoms with E-state index in [1.807, 2.05) is 72.8 Å². The van der Waals surface area contributed by atoms with Crippen LogP contribution >= 0.6 is 0 Å². The van der Waals surface area contributed by atoms with Crippen LogP contribution in [0.2, 0.25) is 0 Å². The molecule has 4 aromatic carbocycles. The summed E-state index contributed by atoms with van der Waals surface area (Å²) in [5.74, 6) is -4.98. The van der Waals surface area contributed by atoms with Crippen molar-refractivity contribution in [1.82, 2.24) is 19.9 Å². The molecular weight excluding hydrogens is 843 g/mol. The first-order valence-electron chi connectivity index (χ1n) is 15.4. The van der Waals surface area contributed by atoms with Gasteiger partial charge in [0.1, 0.15) is 0 Å². The molecule has 4 heterocycles. The van der Waals surface area contributed by atoms with Gasteiger partial charge in [0.25, 0.3) is 0 Å². The smallest absolute Gasteiger partial charge is 0.543 e. The van der Waals surface area contributed by atoms with Crippen LogP contribution in [0.1, 0.15) is 42.0 Å². The average Bonchev–Trinajstić information content (AvgIpc) is 3.17. The zero-order valence-electron chi connectivity index (χ0n) is 27.4. The number of nitrogens with zero attached hydrogens (tertiary/aromatic N) is 4.